The van der Waals surface area contributed by atoms with Gasteiger partial charge in [-0.3, -0.25) is 9.69 Å². The van der Waals surface area contributed by atoms with Crippen LogP contribution in [0, 0.1) is 0 Å². The number of hydrogen-bond acceptors (Lipinski definition) is 3. The standard InChI is InChI=1S/C8H11NO3/c1-7-5-9(6-11-2)8(10)3-4-12-7/h3-5H,6H2,1-2H3. The van der Waals surface area contributed by atoms with Gasteiger partial charge in [0, 0.05) is 19.4 Å². The van der Waals surface area contributed by atoms with Crippen LogP contribution in [-0.2, 0) is 14.3 Å². The van der Waals surface area contributed by atoms with Crippen LogP contribution in [0.4, 0.5) is 0 Å². The van der Waals surface area contributed by atoms with Gasteiger partial charge in [-0.05, 0) is 6.92 Å². The molecule has 0 fully saturated rings. The predicted octanol–water partition coefficient (Wildman–Crippen LogP) is 0.824. The second-order valence-electron chi connectivity index (χ2n) is 2.39. The Kier molecular flexibility index (Phi) is 2.88. The van der Waals surface area contributed by atoms with Gasteiger partial charge in [0.05, 0.1) is 6.26 Å². The molecular formula is C8H11NO3. The minimum Gasteiger partial charge on any atom is -0.468 e. The molecule has 1 aliphatic heterocycles. The van der Waals surface area contributed by atoms with Crippen molar-refractivity contribution in [1.29, 1.82) is 0 Å². The van der Waals surface area contributed by atoms with Gasteiger partial charge >= 0.3 is 0 Å². The van der Waals surface area contributed by atoms with Crippen molar-refractivity contribution in [3.8, 4) is 0 Å². The largest absolute Gasteiger partial charge is 0.468 e. The maximum atomic E-state index is 11.2. The van der Waals surface area contributed by atoms with E-state index >= 15 is 0 Å². The van der Waals surface area contributed by atoms with Crippen LogP contribution in [0.1, 0.15) is 6.92 Å². The zero-order valence-corrected chi connectivity index (χ0v) is 7.11. The molecule has 1 rings (SSSR count). The third kappa shape index (κ3) is 2.10. The Hall–Kier alpha value is -1.29. The van der Waals surface area contributed by atoms with Crippen molar-refractivity contribution in [3.05, 3.63) is 24.3 Å². The lowest BCUT2D eigenvalue weighted by Crippen LogP contribution is -2.25. The minimum absolute atomic E-state index is 0.145. The fourth-order valence-corrected chi connectivity index (χ4v) is 0.849. The summed E-state index contributed by atoms with van der Waals surface area (Å²) < 4.78 is 9.84. The van der Waals surface area contributed by atoms with Gasteiger partial charge in [0.25, 0.3) is 5.91 Å². The molecule has 0 aromatic carbocycles. The highest BCUT2D eigenvalue weighted by atomic mass is 16.5. The smallest absolute Gasteiger partial charge is 0.255 e. The molecule has 12 heavy (non-hydrogen) atoms. The van der Waals surface area contributed by atoms with Crippen LogP contribution in [0.5, 0.6) is 0 Å². The van der Waals surface area contributed by atoms with Crippen LogP contribution >= 0.6 is 0 Å². The molecule has 4 nitrogen and oxygen atoms in total. The Morgan fingerprint density at radius 1 is 1.67 bits per heavy atom. The maximum Gasteiger partial charge on any atom is 0.255 e. The molecule has 0 saturated heterocycles. The van der Waals surface area contributed by atoms with Gasteiger partial charge in [0.15, 0.2) is 0 Å². The fraction of sp³-hybridized carbons (Fsp3) is 0.375. The van der Waals surface area contributed by atoms with E-state index in [-0.39, 0.29) is 12.6 Å². The monoisotopic (exact) mass is 169 g/mol. The molecule has 1 heterocycles. The maximum absolute atomic E-state index is 11.2. The van der Waals surface area contributed by atoms with Crippen molar-refractivity contribution in [3.63, 3.8) is 0 Å². The van der Waals surface area contributed by atoms with Gasteiger partial charge in [-0.2, -0.15) is 0 Å². The van der Waals surface area contributed by atoms with E-state index in [1.807, 2.05) is 0 Å². The molecule has 66 valence electrons. The highest BCUT2D eigenvalue weighted by molar-refractivity contribution is 5.88. The molecule has 0 aromatic rings. The summed E-state index contributed by atoms with van der Waals surface area (Å²) in [5, 5.41) is 0. The van der Waals surface area contributed by atoms with Crippen LogP contribution in [0.25, 0.3) is 0 Å². The van der Waals surface area contributed by atoms with E-state index in [2.05, 4.69) is 0 Å². The Morgan fingerprint density at radius 3 is 3.08 bits per heavy atom. The third-order valence-electron chi connectivity index (χ3n) is 1.35. The van der Waals surface area contributed by atoms with Gasteiger partial charge in [0.2, 0.25) is 0 Å². The van der Waals surface area contributed by atoms with E-state index < -0.39 is 0 Å². The van der Waals surface area contributed by atoms with E-state index in [0.717, 1.165) is 0 Å². The van der Waals surface area contributed by atoms with Crippen LogP contribution < -0.4 is 0 Å². The second kappa shape index (κ2) is 3.92. The molecule has 0 spiro atoms. The van der Waals surface area contributed by atoms with E-state index in [1.165, 1.54) is 24.3 Å². The van der Waals surface area contributed by atoms with Gasteiger partial charge in [-0.15, -0.1) is 0 Å². The Bertz CT molecular complexity index is 232. The van der Waals surface area contributed by atoms with Gasteiger partial charge in [0.1, 0.15) is 12.5 Å². The first kappa shape index (κ1) is 8.80. The molecule has 1 aliphatic rings. The number of amides is 1. The molecule has 0 N–H and O–H groups in total. The predicted molar refractivity (Wildman–Crippen MR) is 42.7 cm³/mol. The van der Waals surface area contributed by atoms with E-state index in [9.17, 15) is 4.79 Å². The molecule has 0 saturated carbocycles. The first-order chi connectivity index (χ1) is 5.74. The van der Waals surface area contributed by atoms with Crippen molar-refractivity contribution in [2.45, 2.75) is 6.92 Å². The first-order valence-corrected chi connectivity index (χ1v) is 3.55. The van der Waals surface area contributed by atoms with Gasteiger partial charge in [-0.25, -0.2) is 0 Å². The average Bonchev–Trinajstić information content (AvgIpc) is 2.16. The lowest BCUT2D eigenvalue weighted by atomic mass is 10.5. The normalized spacial score (nSPS) is 17.0. The topological polar surface area (TPSA) is 38.8 Å². The van der Waals surface area contributed by atoms with E-state index in [0.29, 0.717) is 5.76 Å². The molecule has 0 bridgehead atoms. The summed E-state index contributed by atoms with van der Waals surface area (Å²) in [7, 11) is 1.53. The molecular weight excluding hydrogens is 158 g/mol. The van der Waals surface area contributed by atoms with Crippen molar-refractivity contribution < 1.29 is 14.3 Å². The quantitative estimate of drug-likeness (QED) is 0.614. The summed E-state index contributed by atoms with van der Waals surface area (Å²) in [4.78, 5) is 12.6. The number of ether oxygens (including phenoxy) is 2. The number of nitrogens with zero attached hydrogens (tertiary/aromatic N) is 1. The number of rotatable bonds is 2. The number of carbonyl (C=O) groups excluding carboxylic acids is 1. The zero-order valence-electron chi connectivity index (χ0n) is 7.11. The van der Waals surface area contributed by atoms with Crippen LogP contribution in [0.15, 0.2) is 24.3 Å². The Balaban J connectivity index is 2.73. The number of hydrogen-bond donors (Lipinski definition) is 0. The highest BCUT2D eigenvalue weighted by Gasteiger charge is 2.10. The molecule has 0 radical (unpaired) electrons. The number of methoxy groups -OCH3 is 1. The summed E-state index contributed by atoms with van der Waals surface area (Å²) in [5.74, 6) is 0.517. The van der Waals surface area contributed by atoms with Crippen molar-refractivity contribution in [1.82, 2.24) is 4.90 Å². The summed E-state index contributed by atoms with van der Waals surface area (Å²) in [6, 6.07) is 0. The lowest BCUT2D eigenvalue weighted by molar-refractivity contribution is -0.127. The lowest BCUT2D eigenvalue weighted by Gasteiger charge is -2.13. The van der Waals surface area contributed by atoms with Gasteiger partial charge < -0.3 is 9.47 Å². The molecule has 0 unspecified atom stereocenters. The van der Waals surface area contributed by atoms with Crippen molar-refractivity contribution in [2.75, 3.05) is 13.8 Å². The molecule has 0 atom stereocenters. The van der Waals surface area contributed by atoms with Crippen molar-refractivity contribution in [2.24, 2.45) is 0 Å². The second-order valence-corrected chi connectivity index (χ2v) is 2.39. The number of carbonyl (C=O) groups is 1. The van der Waals surface area contributed by atoms with E-state index in [4.69, 9.17) is 9.47 Å². The third-order valence-corrected chi connectivity index (χ3v) is 1.35. The summed E-state index contributed by atoms with van der Waals surface area (Å²) in [5.41, 5.74) is 0. The highest BCUT2D eigenvalue weighted by Crippen LogP contribution is 2.05. The zero-order chi connectivity index (χ0) is 8.97. The summed E-state index contributed by atoms with van der Waals surface area (Å²) >= 11 is 0. The van der Waals surface area contributed by atoms with Crippen molar-refractivity contribution >= 4 is 5.91 Å². The molecule has 1 amide bonds. The van der Waals surface area contributed by atoms with E-state index in [1.54, 1.807) is 13.1 Å². The summed E-state index contributed by atoms with van der Waals surface area (Å²) in [6.45, 7) is 2.01. The van der Waals surface area contributed by atoms with Crippen LogP contribution in [0.2, 0.25) is 0 Å². The average molecular weight is 169 g/mol. The van der Waals surface area contributed by atoms with Crippen LogP contribution in [-0.4, -0.2) is 24.6 Å². The molecule has 4 heteroatoms. The Morgan fingerprint density at radius 2 is 2.42 bits per heavy atom. The minimum atomic E-state index is -0.145. The first-order valence-electron chi connectivity index (χ1n) is 3.55. The SMILES string of the molecule is COCN1C=C(C)OC=CC1=O. The van der Waals surface area contributed by atoms with Crippen LogP contribution in [0.3, 0.4) is 0 Å². The summed E-state index contributed by atoms with van der Waals surface area (Å²) in [6.07, 6.45) is 4.32. The van der Waals surface area contributed by atoms with Gasteiger partial charge in [-0.1, -0.05) is 0 Å². The fourth-order valence-electron chi connectivity index (χ4n) is 0.849. The number of allylic oxidation sites excluding steroid dienone is 1. The molecule has 0 aliphatic carbocycles. The molecule has 0 aromatic heterocycles. The Labute approximate surface area is 71.1 Å².